The van der Waals surface area contributed by atoms with Gasteiger partial charge in [-0.3, -0.25) is 14.5 Å². The van der Waals surface area contributed by atoms with E-state index < -0.39 is 0 Å². The third kappa shape index (κ3) is 4.97. The number of nitrogens with one attached hydrogen (secondary N) is 1. The summed E-state index contributed by atoms with van der Waals surface area (Å²) in [5, 5.41) is 6.47. The number of amides is 1. The fourth-order valence-corrected chi connectivity index (χ4v) is 3.24. The summed E-state index contributed by atoms with van der Waals surface area (Å²) in [5.74, 6) is 1.70. The van der Waals surface area contributed by atoms with E-state index in [9.17, 15) is 9.59 Å². The number of nitrogens with zero attached hydrogens (tertiary/aromatic N) is 3. The lowest BCUT2D eigenvalue weighted by Gasteiger charge is -2.30. The molecule has 1 amide bonds. The van der Waals surface area contributed by atoms with Gasteiger partial charge in [0.2, 0.25) is 11.3 Å². The highest BCUT2D eigenvalue weighted by molar-refractivity contribution is 5.89. The van der Waals surface area contributed by atoms with Crippen LogP contribution in [0, 0.1) is 12.8 Å². The largest absolute Gasteiger partial charge is 0.491 e. The second kappa shape index (κ2) is 8.39. The quantitative estimate of drug-likeness (QED) is 0.832. The molecule has 2 aromatic rings. The van der Waals surface area contributed by atoms with Gasteiger partial charge in [0, 0.05) is 24.4 Å². The second-order valence-corrected chi connectivity index (χ2v) is 7.15. The van der Waals surface area contributed by atoms with Gasteiger partial charge in [0.15, 0.2) is 11.6 Å². The molecule has 1 saturated heterocycles. The molecule has 0 unspecified atom stereocenters. The predicted octanol–water partition coefficient (Wildman–Crippen LogP) is 2.02. The molecule has 0 aliphatic carbocycles. The topological polar surface area (TPSA) is 89.6 Å². The number of methoxy groups -OCH3 is 1. The number of likely N-dealkylation sites (tertiary alicyclic amines) is 1. The number of aromatic nitrogens is 2. The molecule has 1 aliphatic rings. The van der Waals surface area contributed by atoms with E-state index in [1.54, 1.807) is 29.8 Å². The Bertz CT molecular complexity index is 850. The Morgan fingerprint density at radius 1 is 1.37 bits per heavy atom. The molecule has 0 radical (unpaired) electrons. The van der Waals surface area contributed by atoms with Crippen molar-refractivity contribution in [3.8, 4) is 5.75 Å². The highest BCUT2D eigenvalue weighted by Gasteiger charge is 2.18. The van der Waals surface area contributed by atoms with Crippen molar-refractivity contribution in [3.63, 3.8) is 0 Å². The fraction of sp³-hybridized carbons (Fsp3) is 0.526. The SMILES string of the molecule is COc1cn(CC(=O)Nc2cc(C)on2)c(CN2CCC(C)CC2)cc1=O. The molecule has 1 aliphatic heterocycles. The van der Waals surface area contributed by atoms with Crippen LogP contribution in [0.5, 0.6) is 5.75 Å². The van der Waals surface area contributed by atoms with Crippen LogP contribution in [0.3, 0.4) is 0 Å². The fourth-order valence-electron chi connectivity index (χ4n) is 3.24. The molecule has 3 heterocycles. The number of pyridine rings is 1. The maximum Gasteiger partial charge on any atom is 0.245 e. The average Bonchev–Trinajstić information content (AvgIpc) is 3.03. The number of piperidine rings is 1. The van der Waals surface area contributed by atoms with Crippen LogP contribution >= 0.6 is 0 Å². The van der Waals surface area contributed by atoms with E-state index >= 15 is 0 Å². The van der Waals surface area contributed by atoms with Gasteiger partial charge in [0.25, 0.3) is 0 Å². The third-order valence-electron chi connectivity index (χ3n) is 4.87. The van der Waals surface area contributed by atoms with Crippen molar-refractivity contribution in [1.82, 2.24) is 14.6 Å². The molecular weight excluding hydrogens is 348 g/mol. The van der Waals surface area contributed by atoms with Crippen LogP contribution in [0.25, 0.3) is 0 Å². The minimum absolute atomic E-state index is 0.0577. The van der Waals surface area contributed by atoms with E-state index in [1.165, 1.54) is 7.11 Å². The lowest BCUT2D eigenvalue weighted by molar-refractivity contribution is -0.116. The monoisotopic (exact) mass is 374 g/mol. The van der Waals surface area contributed by atoms with Gasteiger partial charge < -0.3 is 19.1 Å². The summed E-state index contributed by atoms with van der Waals surface area (Å²) < 4.78 is 11.9. The van der Waals surface area contributed by atoms with E-state index in [2.05, 4.69) is 22.3 Å². The molecule has 27 heavy (non-hydrogen) atoms. The summed E-state index contributed by atoms with van der Waals surface area (Å²) in [7, 11) is 1.45. The summed E-state index contributed by atoms with van der Waals surface area (Å²) in [4.78, 5) is 26.9. The lowest BCUT2D eigenvalue weighted by Crippen LogP contribution is -2.34. The average molecular weight is 374 g/mol. The molecule has 0 bridgehead atoms. The van der Waals surface area contributed by atoms with Gasteiger partial charge in [0.1, 0.15) is 12.3 Å². The van der Waals surface area contributed by atoms with Gasteiger partial charge in [-0.05, 0) is 38.8 Å². The van der Waals surface area contributed by atoms with Crippen LogP contribution < -0.4 is 15.5 Å². The number of aryl methyl sites for hydroxylation is 1. The normalized spacial score (nSPS) is 15.7. The maximum absolute atomic E-state index is 12.4. The Balaban J connectivity index is 1.76. The number of rotatable bonds is 6. The van der Waals surface area contributed by atoms with Crippen LogP contribution in [0.15, 0.2) is 27.6 Å². The molecule has 0 atom stereocenters. The highest BCUT2D eigenvalue weighted by Crippen LogP contribution is 2.18. The van der Waals surface area contributed by atoms with Crippen LogP contribution in [0.1, 0.15) is 31.2 Å². The van der Waals surface area contributed by atoms with E-state index in [4.69, 9.17) is 9.26 Å². The van der Waals surface area contributed by atoms with Gasteiger partial charge >= 0.3 is 0 Å². The Hall–Kier alpha value is -2.61. The van der Waals surface area contributed by atoms with Crippen molar-refractivity contribution in [1.29, 1.82) is 0 Å². The molecule has 3 rings (SSSR count). The Kier molecular flexibility index (Phi) is 5.95. The van der Waals surface area contributed by atoms with Gasteiger partial charge in [0.05, 0.1) is 13.3 Å². The van der Waals surface area contributed by atoms with Crippen molar-refractivity contribution in [2.75, 3.05) is 25.5 Å². The first-order chi connectivity index (χ1) is 12.9. The molecule has 0 spiro atoms. The lowest BCUT2D eigenvalue weighted by atomic mass is 9.99. The van der Waals surface area contributed by atoms with Crippen LogP contribution in [0.4, 0.5) is 5.82 Å². The van der Waals surface area contributed by atoms with Crippen molar-refractivity contribution >= 4 is 11.7 Å². The first kappa shape index (κ1) is 19.2. The number of carbonyl (C=O) groups is 1. The van der Waals surface area contributed by atoms with Crippen LogP contribution in [-0.4, -0.2) is 40.7 Å². The Morgan fingerprint density at radius 2 is 2.11 bits per heavy atom. The van der Waals surface area contributed by atoms with E-state index in [0.717, 1.165) is 37.5 Å². The van der Waals surface area contributed by atoms with Crippen molar-refractivity contribution < 1.29 is 14.1 Å². The van der Waals surface area contributed by atoms with Crippen molar-refractivity contribution in [3.05, 3.63) is 40.0 Å². The predicted molar refractivity (Wildman–Crippen MR) is 101 cm³/mol. The molecule has 1 fully saturated rings. The first-order valence-corrected chi connectivity index (χ1v) is 9.17. The molecule has 1 N–H and O–H groups in total. The van der Waals surface area contributed by atoms with Crippen molar-refractivity contribution in [2.24, 2.45) is 5.92 Å². The van der Waals surface area contributed by atoms with E-state index in [1.807, 2.05) is 0 Å². The van der Waals surface area contributed by atoms with E-state index in [0.29, 0.717) is 18.1 Å². The zero-order valence-corrected chi connectivity index (χ0v) is 16.0. The van der Waals surface area contributed by atoms with Crippen LogP contribution in [-0.2, 0) is 17.9 Å². The zero-order chi connectivity index (χ0) is 19.4. The number of carbonyl (C=O) groups excluding carboxylic acids is 1. The summed E-state index contributed by atoms with van der Waals surface area (Å²) in [5.41, 5.74) is 0.614. The smallest absolute Gasteiger partial charge is 0.245 e. The number of anilines is 1. The second-order valence-electron chi connectivity index (χ2n) is 7.15. The molecule has 0 saturated carbocycles. The molecule has 8 nitrogen and oxygen atoms in total. The Morgan fingerprint density at radius 3 is 2.74 bits per heavy atom. The zero-order valence-electron chi connectivity index (χ0n) is 16.0. The third-order valence-corrected chi connectivity index (χ3v) is 4.87. The Labute approximate surface area is 158 Å². The van der Waals surface area contributed by atoms with Gasteiger partial charge in [-0.1, -0.05) is 12.1 Å². The molecule has 146 valence electrons. The summed E-state index contributed by atoms with van der Waals surface area (Å²) in [6.07, 6.45) is 3.89. The standard InChI is InChI=1S/C19H26N4O4/c1-13-4-6-22(7-5-13)10-15-9-16(24)17(26-3)11-23(15)12-19(25)20-18-8-14(2)27-21-18/h8-9,11,13H,4-7,10,12H2,1-3H3,(H,20,21,25). The molecular formula is C19H26N4O4. The van der Waals surface area contributed by atoms with Crippen molar-refractivity contribution in [2.45, 2.75) is 39.8 Å². The summed E-state index contributed by atoms with van der Waals surface area (Å²) >= 11 is 0. The number of hydrogen-bond donors (Lipinski definition) is 1. The maximum atomic E-state index is 12.4. The molecule has 8 heteroatoms. The minimum Gasteiger partial charge on any atom is -0.491 e. The van der Waals surface area contributed by atoms with Gasteiger partial charge in [-0.25, -0.2) is 0 Å². The first-order valence-electron chi connectivity index (χ1n) is 9.17. The molecule has 0 aromatic carbocycles. The summed E-state index contributed by atoms with van der Waals surface area (Å²) in [6, 6.07) is 3.21. The number of ether oxygens (including phenoxy) is 1. The minimum atomic E-state index is -0.248. The summed E-state index contributed by atoms with van der Waals surface area (Å²) in [6.45, 7) is 6.69. The van der Waals surface area contributed by atoms with Gasteiger partial charge in [-0.15, -0.1) is 0 Å². The van der Waals surface area contributed by atoms with E-state index in [-0.39, 0.29) is 23.6 Å². The highest BCUT2D eigenvalue weighted by atomic mass is 16.5. The van der Waals surface area contributed by atoms with Gasteiger partial charge in [-0.2, -0.15) is 0 Å². The van der Waals surface area contributed by atoms with Crippen LogP contribution in [0.2, 0.25) is 0 Å². The molecule has 2 aromatic heterocycles. The number of hydrogen-bond acceptors (Lipinski definition) is 6.